The lowest BCUT2D eigenvalue weighted by Gasteiger charge is -2.07. The molecule has 0 saturated heterocycles. The molecule has 0 amide bonds. The van der Waals surface area contributed by atoms with Crippen molar-refractivity contribution in [2.45, 2.75) is 12.8 Å². The minimum absolute atomic E-state index is 1.17. The maximum atomic E-state index is 2.33. The highest BCUT2D eigenvalue weighted by Crippen LogP contribution is 2.26. The van der Waals surface area contributed by atoms with Crippen LogP contribution in [-0.4, -0.2) is 25.5 Å². The summed E-state index contributed by atoms with van der Waals surface area (Å²) >= 11 is 1.88. The van der Waals surface area contributed by atoms with Gasteiger partial charge in [-0.3, -0.25) is 0 Å². The van der Waals surface area contributed by atoms with Crippen LogP contribution < -0.4 is 0 Å². The third kappa shape index (κ3) is 3.69. The number of aryl methyl sites for hydroxylation is 1. The molecular formula is C15H19NS. The summed E-state index contributed by atoms with van der Waals surface area (Å²) in [6.07, 6.45) is 2.43. The highest BCUT2D eigenvalue weighted by atomic mass is 32.1. The summed E-state index contributed by atoms with van der Waals surface area (Å²) in [5, 5.41) is 2.26. The van der Waals surface area contributed by atoms with Crippen molar-refractivity contribution in [1.29, 1.82) is 0 Å². The van der Waals surface area contributed by atoms with Crippen LogP contribution in [0.2, 0.25) is 0 Å². The molecule has 2 aromatic rings. The molecular weight excluding hydrogens is 226 g/mol. The molecule has 1 aromatic carbocycles. The summed E-state index contributed by atoms with van der Waals surface area (Å²) in [7, 11) is 4.26. The lowest BCUT2D eigenvalue weighted by molar-refractivity contribution is 0.401. The van der Waals surface area contributed by atoms with Crippen LogP contribution in [0.15, 0.2) is 41.8 Å². The molecule has 1 nitrogen and oxygen atoms in total. The van der Waals surface area contributed by atoms with Crippen molar-refractivity contribution in [2.24, 2.45) is 0 Å². The van der Waals surface area contributed by atoms with Crippen LogP contribution >= 0.6 is 11.3 Å². The van der Waals surface area contributed by atoms with E-state index < -0.39 is 0 Å². The molecule has 90 valence electrons. The summed E-state index contributed by atoms with van der Waals surface area (Å²) < 4.78 is 0. The monoisotopic (exact) mass is 245 g/mol. The third-order valence-electron chi connectivity index (χ3n) is 2.79. The van der Waals surface area contributed by atoms with Gasteiger partial charge in [-0.05, 0) is 56.1 Å². The minimum atomic E-state index is 1.17. The Hall–Kier alpha value is -1.12. The predicted octanol–water partition coefficient (Wildman–Crippen LogP) is 3.91. The fraction of sp³-hybridized carbons (Fsp3) is 0.333. The molecule has 0 unspecified atom stereocenters. The molecule has 0 N–H and O–H groups in total. The second-order valence-electron chi connectivity index (χ2n) is 4.57. The van der Waals surface area contributed by atoms with Gasteiger partial charge >= 0.3 is 0 Å². The van der Waals surface area contributed by atoms with Crippen molar-refractivity contribution in [3.8, 4) is 11.1 Å². The van der Waals surface area contributed by atoms with Gasteiger partial charge in [-0.2, -0.15) is 0 Å². The van der Waals surface area contributed by atoms with E-state index in [4.69, 9.17) is 0 Å². The fourth-order valence-corrected chi connectivity index (χ4v) is 2.80. The van der Waals surface area contributed by atoms with Crippen LogP contribution in [0.1, 0.15) is 11.3 Å². The summed E-state index contributed by atoms with van der Waals surface area (Å²) in [5.74, 6) is 0. The first-order valence-electron chi connectivity index (χ1n) is 6.03. The molecule has 2 heteroatoms. The molecule has 17 heavy (non-hydrogen) atoms. The van der Waals surface area contributed by atoms with Gasteiger partial charge in [0.1, 0.15) is 0 Å². The first kappa shape index (κ1) is 12.3. The van der Waals surface area contributed by atoms with E-state index in [2.05, 4.69) is 60.8 Å². The van der Waals surface area contributed by atoms with Crippen LogP contribution in [0.25, 0.3) is 11.1 Å². The molecule has 2 rings (SSSR count). The van der Waals surface area contributed by atoms with Gasteiger partial charge in [0.25, 0.3) is 0 Å². The fourth-order valence-electron chi connectivity index (χ4n) is 1.86. The third-order valence-corrected chi connectivity index (χ3v) is 3.79. The van der Waals surface area contributed by atoms with Gasteiger partial charge in [-0.1, -0.05) is 30.3 Å². The van der Waals surface area contributed by atoms with Gasteiger partial charge in [0.05, 0.1) is 0 Å². The number of hydrogen-bond acceptors (Lipinski definition) is 2. The Morgan fingerprint density at radius 2 is 1.82 bits per heavy atom. The molecule has 1 aromatic heterocycles. The zero-order chi connectivity index (χ0) is 12.1. The summed E-state index contributed by atoms with van der Waals surface area (Å²) in [6.45, 7) is 1.17. The van der Waals surface area contributed by atoms with Crippen LogP contribution in [0.3, 0.4) is 0 Å². The minimum Gasteiger partial charge on any atom is -0.309 e. The highest BCUT2D eigenvalue weighted by Gasteiger charge is 2.02. The Morgan fingerprint density at radius 3 is 2.53 bits per heavy atom. The SMILES string of the molecule is CN(C)CCCc1cc(-c2ccccc2)cs1. The Kier molecular flexibility index (Phi) is 4.35. The van der Waals surface area contributed by atoms with Gasteiger partial charge < -0.3 is 4.90 Å². The van der Waals surface area contributed by atoms with Crippen LogP contribution in [0.5, 0.6) is 0 Å². The van der Waals surface area contributed by atoms with Gasteiger partial charge in [0.2, 0.25) is 0 Å². The Bertz CT molecular complexity index is 445. The second-order valence-corrected chi connectivity index (χ2v) is 5.57. The van der Waals surface area contributed by atoms with Gasteiger partial charge in [0, 0.05) is 4.88 Å². The molecule has 0 spiro atoms. The van der Waals surface area contributed by atoms with E-state index in [1.807, 2.05) is 11.3 Å². The first-order valence-corrected chi connectivity index (χ1v) is 6.91. The lowest BCUT2D eigenvalue weighted by atomic mass is 10.1. The summed E-state index contributed by atoms with van der Waals surface area (Å²) in [6, 6.07) is 12.9. The molecule has 0 radical (unpaired) electrons. The Morgan fingerprint density at radius 1 is 1.06 bits per heavy atom. The van der Waals surface area contributed by atoms with Gasteiger partial charge in [-0.15, -0.1) is 11.3 Å². The standard InChI is InChI=1S/C15H19NS/c1-16(2)10-6-9-15-11-14(12-17-15)13-7-4-3-5-8-13/h3-5,7-8,11-12H,6,9-10H2,1-2H3. The molecule has 0 atom stereocenters. The van der Waals surface area contributed by atoms with E-state index in [1.165, 1.54) is 35.4 Å². The zero-order valence-electron chi connectivity index (χ0n) is 10.5. The topological polar surface area (TPSA) is 3.24 Å². The van der Waals surface area contributed by atoms with Gasteiger partial charge in [0.15, 0.2) is 0 Å². The predicted molar refractivity (Wildman–Crippen MR) is 76.6 cm³/mol. The molecule has 0 aliphatic heterocycles. The molecule has 1 heterocycles. The number of rotatable bonds is 5. The van der Waals surface area contributed by atoms with Crippen molar-refractivity contribution in [3.05, 3.63) is 46.7 Å². The summed E-state index contributed by atoms with van der Waals surface area (Å²) in [4.78, 5) is 3.73. The molecule has 0 fully saturated rings. The maximum absolute atomic E-state index is 2.33. The van der Waals surface area contributed by atoms with Crippen molar-refractivity contribution in [1.82, 2.24) is 4.90 Å². The van der Waals surface area contributed by atoms with Crippen LogP contribution in [0, 0.1) is 0 Å². The van der Waals surface area contributed by atoms with Crippen LogP contribution in [0.4, 0.5) is 0 Å². The van der Waals surface area contributed by atoms with Crippen molar-refractivity contribution in [3.63, 3.8) is 0 Å². The number of thiophene rings is 1. The number of nitrogens with zero attached hydrogens (tertiary/aromatic N) is 1. The first-order chi connectivity index (χ1) is 8.25. The average Bonchev–Trinajstić information content (AvgIpc) is 2.78. The van der Waals surface area contributed by atoms with E-state index in [0.717, 1.165) is 0 Å². The molecule has 0 saturated carbocycles. The zero-order valence-corrected chi connectivity index (χ0v) is 11.3. The van der Waals surface area contributed by atoms with Gasteiger partial charge in [-0.25, -0.2) is 0 Å². The maximum Gasteiger partial charge on any atom is 0.00521 e. The molecule has 0 bridgehead atoms. The van der Waals surface area contributed by atoms with E-state index >= 15 is 0 Å². The lowest BCUT2D eigenvalue weighted by Crippen LogP contribution is -2.13. The Labute approximate surface area is 108 Å². The average molecular weight is 245 g/mol. The largest absolute Gasteiger partial charge is 0.309 e. The highest BCUT2D eigenvalue weighted by molar-refractivity contribution is 7.10. The smallest absolute Gasteiger partial charge is 0.00521 e. The van der Waals surface area contributed by atoms with Crippen molar-refractivity contribution >= 4 is 11.3 Å². The van der Waals surface area contributed by atoms with E-state index in [1.54, 1.807) is 0 Å². The molecule has 0 aliphatic rings. The van der Waals surface area contributed by atoms with E-state index in [9.17, 15) is 0 Å². The van der Waals surface area contributed by atoms with E-state index in [-0.39, 0.29) is 0 Å². The van der Waals surface area contributed by atoms with Crippen molar-refractivity contribution < 1.29 is 0 Å². The molecule has 0 aliphatic carbocycles. The normalized spacial score (nSPS) is 11.0. The number of benzene rings is 1. The Balaban J connectivity index is 1.97. The quantitative estimate of drug-likeness (QED) is 0.772. The van der Waals surface area contributed by atoms with Crippen LogP contribution in [-0.2, 0) is 6.42 Å². The van der Waals surface area contributed by atoms with E-state index in [0.29, 0.717) is 0 Å². The second kappa shape index (κ2) is 5.99. The number of hydrogen-bond donors (Lipinski definition) is 0. The van der Waals surface area contributed by atoms with Crippen molar-refractivity contribution in [2.75, 3.05) is 20.6 Å². The summed E-state index contributed by atoms with van der Waals surface area (Å²) in [5.41, 5.74) is 2.68.